The van der Waals surface area contributed by atoms with Gasteiger partial charge in [-0.15, -0.1) is 0 Å². The molecule has 1 atom stereocenters. The van der Waals surface area contributed by atoms with Crippen LogP contribution in [0.15, 0.2) is 36.9 Å². The van der Waals surface area contributed by atoms with E-state index in [1.807, 2.05) is 47.8 Å². The number of amides is 1. The molecule has 10 heteroatoms. The maximum atomic E-state index is 13.3. The van der Waals surface area contributed by atoms with Crippen molar-refractivity contribution in [2.75, 3.05) is 49.5 Å². The molecule has 4 heterocycles. The van der Waals surface area contributed by atoms with Gasteiger partial charge in [0, 0.05) is 38.7 Å². The van der Waals surface area contributed by atoms with Crippen molar-refractivity contribution in [3.63, 3.8) is 0 Å². The van der Waals surface area contributed by atoms with E-state index in [4.69, 9.17) is 14.5 Å². The van der Waals surface area contributed by atoms with Gasteiger partial charge in [-0.25, -0.2) is 9.97 Å². The van der Waals surface area contributed by atoms with Crippen LogP contribution in [0.2, 0.25) is 0 Å². The van der Waals surface area contributed by atoms with Gasteiger partial charge in [0.2, 0.25) is 5.95 Å². The van der Waals surface area contributed by atoms with Gasteiger partial charge in [0.1, 0.15) is 17.0 Å². The van der Waals surface area contributed by atoms with Gasteiger partial charge in [-0.3, -0.25) is 4.79 Å². The Morgan fingerprint density at radius 2 is 2.03 bits per heavy atom. The van der Waals surface area contributed by atoms with Gasteiger partial charge in [-0.05, 0) is 38.3 Å². The van der Waals surface area contributed by atoms with Crippen LogP contribution >= 0.6 is 0 Å². The molecule has 1 spiro atoms. The molecule has 1 fully saturated rings. The SMILES string of the molecule is COc1cc(Nc2ncc3c(n2)N(C)C2(CCCCOC2)C(=O)N3C)ccc1-n1cnc(C)c1. The van der Waals surface area contributed by atoms with E-state index >= 15 is 0 Å². The normalized spacial score (nSPS) is 20.3. The third-order valence-corrected chi connectivity index (χ3v) is 6.67. The lowest BCUT2D eigenvalue weighted by Crippen LogP contribution is -2.64. The highest BCUT2D eigenvalue weighted by Gasteiger charge is 2.50. The lowest BCUT2D eigenvalue weighted by atomic mass is 9.88. The van der Waals surface area contributed by atoms with E-state index < -0.39 is 5.54 Å². The molecule has 0 saturated carbocycles. The predicted molar refractivity (Wildman–Crippen MR) is 129 cm³/mol. The average Bonchev–Trinajstić information content (AvgIpc) is 3.12. The Labute approximate surface area is 198 Å². The van der Waals surface area contributed by atoms with Crippen LogP contribution in [0.1, 0.15) is 25.0 Å². The molecule has 1 aromatic carbocycles. The number of hydrogen-bond donors (Lipinski definition) is 1. The van der Waals surface area contributed by atoms with Crippen LogP contribution in [0, 0.1) is 6.92 Å². The van der Waals surface area contributed by atoms with Gasteiger partial charge in [-0.1, -0.05) is 0 Å². The Morgan fingerprint density at radius 1 is 1.18 bits per heavy atom. The summed E-state index contributed by atoms with van der Waals surface area (Å²) in [6.07, 6.45) is 7.99. The highest BCUT2D eigenvalue weighted by Crippen LogP contribution is 2.41. The third-order valence-electron chi connectivity index (χ3n) is 6.67. The largest absolute Gasteiger partial charge is 0.494 e. The van der Waals surface area contributed by atoms with Crippen LogP contribution in [0.3, 0.4) is 0 Å². The zero-order valence-electron chi connectivity index (χ0n) is 19.9. The number of ether oxygens (including phenoxy) is 2. The molecule has 0 radical (unpaired) electrons. The number of rotatable bonds is 4. The number of nitrogens with zero attached hydrogens (tertiary/aromatic N) is 6. The Hall–Kier alpha value is -3.66. The van der Waals surface area contributed by atoms with Crippen molar-refractivity contribution < 1.29 is 14.3 Å². The first-order chi connectivity index (χ1) is 16.4. The van der Waals surface area contributed by atoms with Gasteiger partial charge in [-0.2, -0.15) is 4.98 Å². The molecule has 1 N–H and O–H groups in total. The number of imidazole rings is 1. The number of nitrogens with one attached hydrogen (secondary N) is 1. The van der Waals surface area contributed by atoms with E-state index in [1.54, 1.807) is 31.6 Å². The standard InChI is InChI=1S/C24H29N7O3/c1-16-13-31(15-26-16)18-8-7-17(11-20(18)33-4)27-23-25-12-19-21(28-23)30(3)24(22(32)29(19)2)9-5-6-10-34-14-24/h7-8,11-13,15H,5-6,9-10,14H2,1-4H3,(H,25,27,28). The third kappa shape index (κ3) is 3.63. The van der Waals surface area contributed by atoms with Crippen molar-refractivity contribution in [3.05, 3.63) is 42.6 Å². The zero-order chi connectivity index (χ0) is 23.9. The molecule has 0 bridgehead atoms. The topological polar surface area (TPSA) is 97.6 Å². The zero-order valence-corrected chi connectivity index (χ0v) is 19.9. The molecule has 0 aliphatic carbocycles. The molecule has 178 valence electrons. The fraction of sp³-hybridized carbons (Fsp3) is 0.417. The smallest absolute Gasteiger partial charge is 0.255 e. The van der Waals surface area contributed by atoms with E-state index in [1.165, 1.54) is 0 Å². The van der Waals surface area contributed by atoms with Crippen LogP contribution < -0.4 is 19.9 Å². The summed E-state index contributed by atoms with van der Waals surface area (Å²) in [5.41, 5.74) is 2.52. The molecular weight excluding hydrogens is 434 g/mol. The van der Waals surface area contributed by atoms with Crippen LogP contribution in [0.4, 0.5) is 23.1 Å². The fourth-order valence-corrected chi connectivity index (χ4v) is 4.70. The minimum absolute atomic E-state index is 0.0174. The number of benzene rings is 1. The first kappa shape index (κ1) is 22.1. The van der Waals surface area contributed by atoms with Gasteiger partial charge in [0.25, 0.3) is 5.91 Å². The van der Waals surface area contributed by atoms with Crippen LogP contribution in [-0.4, -0.2) is 65.4 Å². The molecule has 3 aromatic rings. The number of hydrogen-bond acceptors (Lipinski definition) is 8. The second-order valence-electron chi connectivity index (χ2n) is 8.80. The quantitative estimate of drug-likeness (QED) is 0.631. The van der Waals surface area contributed by atoms with Crippen molar-refractivity contribution in [2.45, 2.75) is 31.7 Å². The van der Waals surface area contributed by atoms with Crippen LogP contribution in [0.25, 0.3) is 5.69 Å². The number of carbonyl (C=O) groups excluding carboxylic acids is 1. The van der Waals surface area contributed by atoms with Crippen molar-refractivity contribution in [2.24, 2.45) is 0 Å². The maximum Gasteiger partial charge on any atom is 0.255 e. The van der Waals surface area contributed by atoms with E-state index in [0.29, 0.717) is 36.4 Å². The number of anilines is 4. The molecular formula is C24H29N7O3. The summed E-state index contributed by atoms with van der Waals surface area (Å²) in [5, 5.41) is 3.27. The Balaban J connectivity index is 1.46. The lowest BCUT2D eigenvalue weighted by Gasteiger charge is -2.47. The summed E-state index contributed by atoms with van der Waals surface area (Å²) in [5.74, 6) is 1.84. The molecule has 2 aliphatic heterocycles. The number of aryl methyl sites for hydroxylation is 1. The Bertz CT molecular complexity index is 1220. The van der Waals surface area contributed by atoms with Crippen molar-refractivity contribution in [1.82, 2.24) is 19.5 Å². The Morgan fingerprint density at radius 3 is 2.79 bits per heavy atom. The van der Waals surface area contributed by atoms with Crippen molar-refractivity contribution >= 4 is 29.0 Å². The highest BCUT2D eigenvalue weighted by molar-refractivity contribution is 6.07. The second kappa shape index (κ2) is 8.60. The Kier molecular flexibility index (Phi) is 5.60. The van der Waals surface area contributed by atoms with E-state index in [2.05, 4.69) is 15.3 Å². The first-order valence-electron chi connectivity index (χ1n) is 11.4. The molecule has 1 amide bonds. The molecule has 5 rings (SSSR count). The summed E-state index contributed by atoms with van der Waals surface area (Å²) >= 11 is 0. The number of likely N-dealkylation sites (N-methyl/N-ethyl adjacent to an activating group) is 2. The second-order valence-corrected chi connectivity index (χ2v) is 8.80. The summed E-state index contributed by atoms with van der Waals surface area (Å²) in [7, 11) is 5.33. The van der Waals surface area contributed by atoms with E-state index in [-0.39, 0.29) is 5.91 Å². The molecule has 10 nitrogen and oxygen atoms in total. The van der Waals surface area contributed by atoms with Gasteiger partial charge < -0.3 is 29.2 Å². The fourth-order valence-electron chi connectivity index (χ4n) is 4.70. The van der Waals surface area contributed by atoms with E-state index in [9.17, 15) is 4.79 Å². The molecule has 1 unspecified atom stereocenters. The van der Waals surface area contributed by atoms with Gasteiger partial charge in [0.15, 0.2) is 5.82 Å². The van der Waals surface area contributed by atoms with E-state index in [0.717, 1.165) is 36.3 Å². The molecule has 34 heavy (non-hydrogen) atoms. The maximum absolute atomic E-state index is 13.3. The highest BCUT2D eigenvalue weighted by atomic mass is 16.5. The van der Waals surface area contributed by atoms with Gasteiger partial charge >= 0.3 is 0 Å². The number of aromatic nitrogens is 4. The predicted octanol–water partition coefficient (Wildman–Crippen LogP) is 3.07. The van der Waals surface area contributed by atoms with Crippen LogP contribution in [0.5, 0.6) is 5.75 Å². The summed E-state index contributed by atoms with van der Waals surface area (Å²) in [4.78, 5) is 30.5. The lowest BCUT2D eigenvalue weighted by molar-refractivity contribution is -0.126. The first-order valence-corrected chi connectivity index (χ1v) is 11.4. The number of fused-ring (bicyclic) bond motifs is 1. The van der Waals surface area contributed by atoms with Gasteiger partial charge in [0.05, 0.1) is 37.6 Å². The molecule has 2 aromatic heterocycles. The summed E-state index contributed by atoms with van der Waals surface area (Å²) in [6, 6.07) is 5.79. The average molecular weight is 464 g/mol. The monoisotopic (exact) mass is 463 g/mol. The van der Waals surface area contributed by atoms with Crippen molar-refractivity contribution in [3.8, 4) is 11.4 Å². The molecule has 2 aliphatic rings. The van der Waals surface area contributed by atoms with Crippen LogP contribution in [-0.2, 0) is 9.53 Å². The molecule has 1 saturated heterocycles. The number of carbonyl (C=O) groups is 1. The summed E-state index contributed by atoms with van der Waals surface area (Å²) in [6.45, 7) is 2.97. The number of methoxy groups -OCH3 is 1. The minimum Gasteiger partial charge on any atom is -0.494 e. The van der Waals surface area contributed by atoms with Crippen molar-refractivity contribution in [1.29, 1.82) is 0 Å². The summed E-state index contributed by atoms with van der Waals surface area (Å²) < 4.78 is 13.4. The minimum atomic E-state index is -0.752.